The molecule has 3 aromatic carbocycles. The molecule has 12 nitrogen and oxygen atoms in total. The standard InChI is InChI=1S/C37H36N4O8/c1-40(2)25-16-24-32(49-36(39-24)19-10-12-21(13-11-19)48-17-18-8-6-5-7-9-18)27-22(25)14-20-15-23-29(41(3)4)31(43)28(35(38)46)34(45)37(23,47)33(44)26(20)30(27)42/h5-13,16,20,23,26,28-29,47H,14-15,17H2,1-4H3,(H2,38,46)/t20-,23-,26?,28?,29-,37-/m0/s1. The van der Waals surface area contributed by atoms with Gasteiger partial charge in [0.05, 0.1) is 17.5 Å². The van der Waals surface area contributed by atoms with Gasteiger partial charge in [-0.2, -0.15) is 0 Å². The van der Waals surface area contributed by atoms with Crippen LogP contribution in [0.1, 0.15) is 27.9 Å². The van der Waals surface area contributed by atoms with Crippen LogP contribution in [0.15, 0.2) is 65.1 Å². The predicted molar refractivity (Wildman–Crippen MR) is 178 cm³/mol. The van der Waals surface area contributed by atoms with Crippen LogP contribution in [0.5, 0.6) is 5.75 Å². The quantitative estimate of drug-likeness (QED) is 0.278. The molecular weight excluding hydrogens is 628 g/mol. The van der Waals surface area contributed by atoms with E-state index in [1.165, 1.54) is 4.90 Å². The van der Waals surface area contributed by atoms with Crippen molar-refractivity contribution < 1.29 is 38.2 Å². The Morgan fingerprint density at radius 1 is 1.02 bits per heavy atom. The second-order valence-corrected chi connectivity index (χ2v) is 13.6. The van der Waals surface area contributed by atoms with Crippen LogP contribution in [-0.2, 0) is 32.2 Å². The van der Waals surface area contributed by atoms with E-state index in [-0.39, 0.29) is 29.9 Å². The number of carbonyl (C=O) groups is 5. The van der Waals surface area contributed by atoms with Crippen molar-refractivity contribution in [2.75, 3.05) is 33.1 Å². The summed E-state index contributed by atoms with van der Waals surface area (Å²) in [7, 11) is 6.82. The van der Waals surface area contributed by atoms with Crippen molar-refractivity contribution in [1.82, 2.24) is 9.88 Å². The summed E-state index contributed by atoms with van der Waals surface area (Å²) in [5.41, 5.74) is 6.48. The number of aliphatic hydroxyl groups is 1. The van der Waals surface area contributed by atoms with E-state index in [1.807, 2.05) is 55.4 Å². The zero-order valence-corrected chi connectivity index (χ0v) is 27.5. The van der Waals surface area contributed by atoms with Crippen LogP contribution in [0.3, 0.4) is 0 Å². The van der Waals surface area contributed by atoms with Crippen LogP contribution in [-0.4, -0.2) is 83.9 Å². The largest absolute Gasteiger partial charge is 0.489 e. The third kappa shape index (κ3) is 4.96. The maximum absolute atomic E-state index is 14.5. The number of Topliss-reactive ketones (excluding diaryl/α,β-unsaturated/α-hetero) is 4. The van der Waals surface area contributed by atoms with Crippen molar-refractivity contribution in [2.45, 2.75) is 31.1 Å². The molecule has 3 N–H and O–H groups in total. The zero-order valence-electron chi connectivity index (χ0n) is 27.5. The van der Waals surface area contributed by atoms with Crippen molar-refractivity contribution in [3.8, 4) is 17.2 Å². The molecule has 3 aliphatic rings. The molecule has 1 amide bonds. The van der Waals surface area contributed by atoms with Gasteiger partial charge in [0.2, 0.25) is 11.8 Å². The summed E-state index contributed by atoms with van der Waals surface area (Å²) >= 11 is 0. The summed E-state index contributed by atoms with van der Waals surface area (Å²) in [4.78, 5) is 76.2. The molecule has 1 heterocycles. The van der Waals surface area contributed by atoms with Crippen molar-refractivity contribution in [2.24, 2.45) is 29.4 Å². The van der Waals surface area contributed by atoms with E-state index in [0.717, 1.165) is 5.56 Å². The van der Waals surface area contributed by atoms with Gasteiger partial charge in [0.1, 0.15) is 17.9 Å². The first kappa shape index (κ1) is 32.4. The molecule has 12 heteroatoms. The van der Waals surface area contributed by atoms with Gasteiger partial charge < -0.3 is 24.9 Å². The van der Waals surface area contributed by atoms with Gasteiger partial charge >= 0.3 is 0 Å². The topological polar surface area (TPSA) is 173 Å². The maximum Gasteiger partial charge on any atom is 0.235 e. The number of fused-ring (bicyclic) bond motifs is 5. The summed E-state index contributed by atoms with van der Waals surface area (Å²) in [6, 6.07) is 17.7. The SMILES string of the molecule is CN(C)c1cc2nc(-c3ccc(OCc4ccccc4)cc3)oc2c2c1C[C@H]1C[C@H]3[C@H](N(C)C)C(=O)C(C(N)=O)C(=O)[C@@]3(O)C(=O)C1C2=O. The molecule has 2 unspecified atom stereocenters. The Bertz CT molecular complexity index is 2040. The number of hydrogen-bond donors (Lipinski definition) is 2. The lowest BCUT2D eigenvalue weighted by atomic mass is 9.52. The molecule has 7 rings (SSSR count). The number of likely N-dealkylation sites (N-methyl/N-ethyl adjacent to an activating group) is 1. The fourth-order valence-electron chi connectivity index (χ4n) is 8.00. The number of ether oxygens (including phenoxy) is 1. The number of amides is 1. The van der Waals surface area contributed by atoms with Crippen molar-refractivity contribution >= 4 is 45.8 Å². The second kappa shape index (κ2) is 11.7. The Morgan fingerprint density at radius 2 is 1.71 bits per heavy atom. The lowest BCUT2D eigenvalue weighted by molar-refractivity contribution is -0.181. The highest BCUT2D eigenvalue weighted by molar-refractivity contribution is 6.32. The monoisotopic (exact) mass is 664 g/mol. The number of rotatable bonds is 7. The smallest absolute Gasteiger partial charge is 0.235 e. The fraction of sp³-hybridized carbons (Fsp3) is 0.351. The van der Waals surface area contributed by atoms with Gasteiger partial charge in [0, 0.05) is 31.3 Å². The zero-order chi connectivity index (χ0) is 34.9. The van der Waals surface area contributed by atoms with Crippen LogP contribution >= 0.6 is 0 Å². The van der Waals surface area contributed by atoms with Crippen LogP contribution in [0.25, 0.3) is 22.6 Å². The molecule has 0 bridgehead atoms. The van der Waals surface area contributed by atoms with Gasteiger partial charge in [-0.1, -0.05) is 30.3 Å². The van der Waals surface area contributed by atoms with E-state index in [0.29, 0.717) is 34.7 Å². The van der Waals surface area contributed by atoms with Crippen molar-refractivity contribution in [3.05, 3.63) is 77.4 Å². The molecular formula is C37H36N4O8. The number of hydrogen-bond acceptors (Lipinski definition) is 11. The first-order valence-corrected chi connectivity index (χ1v) is 16.1. The Balaban J connectivity index is 1.28. The van der Waals surface area contributed by atoms with Crippen molar-refractivity contribution in [3.63, 3.8) is 0 Å². The number of aromatic nitrogens is 1. The lowest BCUT2D eigenvalue weighted by Crippen LogP contribution is -2.74. The molecule has 252 valence electrons. The fourth-order valence-corrected chi connectivity index (χ4v) is 8.00. The Morgan fingerprint density at radius 3 is 2.35 bits per heavy atom. The molecule has 0 aliphatic heterocycles. The van der Waals surface area contributed by atoms with E-state index in [9.17, 15) is 29.1 Å². The Hall–Kier alpha value is -5.20. The highest BCUT2D eigenvalue weighted by atomic mass is 16.5. The molecule has 6 atom stereocenters. The molecule has 2 fully saturated rings. The van der Waals surface area contributed by atoms with Gasteiger partial charge in [0.25, 0.3) is 0 Å². The summed E-state index contributed by atoms with van der Waals surface area (Å²) < 4.78 is 12.2. The number of carbonyl (C=O) groups excluding carboxylic acids is 5. The number of nitrogens with two attached hydrogens (primary N) is 1. The second-order valence-electron chi connectivity index (χ2n) is 13.6. The molecule has 49 heavy (non-hydrogen) atoms. The van der Waals surface area contributed by atoms with E-state index in [2.05, 4.69) is 0 Å². The van der Waals surface area contributed by atoms with E-state index in [1.54, 1.807) is 38.4 Å². The Kier molecular flexibility index (Phi) is 7.75. The van der Waals surface area contributed by atoms with E-state index >= 15 is 0 Å². The number of ketones is 4. The van der Waals surface area contributed by atoms with Gasteiger partial charge in [-0.05, 0) is 74.3 Å². The molecule has 0 saturated heterocycles. The summed E-state index contributed by atoms with van der Waals surface area (Å²) in [6.07, 6.45) is 0.272. The van der Waals surface area contributed by atoms with Crippen LogP contribution in [0, 0.1) is 23.7 Å². The highest BCUT2D eigenvalue weighted by Crippen LogP contribution is 2.52. The molecule has 0 radical (unpaired) electrons. The molecule has 0 spiro atoms. The normalized spacial score (nSPS) is 26.4. The van der Waals surface area contributed by atoms with Gasteiger partial charge in [0.15, 0.2) is 40.2 Å². The minimum Gasteiger partial charge on any atom is -0.489 e. The molecule has 2 saturated carbocycles. The number of nitrogens with zero attached hydrogens (tertiary/aromatic N) is 3. The number of anilines is 1. The maximum atomic E-state index is 14.5. The van der Waals surface area contributed by atoms with Gasteiger partial charge in [-0.15, -0.1) is 0 Å². The predicted octanol–water partition coefficient (Wildman–Crippen LogP) is 2.61. The molecule has 3 aliphatic carbocycles. The third-order valence-electron chi connectivity index (χ3n) is 10.3. The number of benzene rings is 3. The first-order chi connectivity index (χ1) is 23.3. The van der Waals surface area contributed by atoms with Crippen LogP contribution in [0.4, 0.5) is 5.69 Å². The average molecular weight is 665 g/mol. The molecule has 1 aromatic heterocycles. The van der Waals surface area contributed by atoms with Gasteiger partial charge in [-0.3, -0.25) is 28.9 Å². The minimum absolute atomic E-state index is 0.0230. The third-order valence-corrected chi connectivity index (χ3v) is 10.3. The minimum atomic E-state index is -2.74. The van der Waals surface area contributed by atoms with Crippen LogP contribution < -0.4 is 15.4 Å². The molecule has 4 aromatic rings. The van der Waals surface area contributed by atoms with Crippen LogP contribution in [0.2, 0.25) is 0 Å². The van der Waals surface area contributed by atoms with Crippen molar-refractivity contribution in [1.29, 1.82) is 0 Å². The summed E-state index contributed by atoms with van der Waals surface area (Å²) in [5, 5.41) is 11.9. The highest BCUT2D eigenvalue weighted by Gasteiger charge is 2.69. The van der Waals surface area contributed by atoms with E-state index in [4.69, 9.17) is 19.9 Å². The average Bonchev–Trinajstić information content (AvgIpc) is 3.49. The first-order valence-electron chi connectivity index (χ1n) is 16.1. The summed E-state index contributed by atoms with van der Waals surface area (Å²) in [5.74, 6) is -9.17. The summed E-state index contributed by atoms with van der Waals surface area (Å²) in [6.45, 7) is 0.405. The van der Waals surface area contributed by atoms with Gasteiger partial charge in [-0.25, -0.2) is 4.98 Å². The number of primary amides is 1. The Labute approximate surface area is 281 Å². The van der Waals surface area contributed by atoms with E-state index < -0.39 is 64.4 Å². The lowest BCUT2D eigenvalue weighted by Gasteiger charge is -2.52. The number of oxazole rings is 1.